The third kappa shape index (κ3) is 3.48. The van der Waals surface area contributed by atoms with Crippen molar-refractivity contribution in [3.63, 3.8) is 0 Å². The van der Waals surface area contributed by atoms with Gasteiger partial charge in [0.05, 0.1) is 27.9 Å². The van der Waals surface area contributed by atoms with Crippen LogP contribution >= 0.6 is 22.6 Å². The van der Waals surface area contributed by atoms with Crippen LogP contribution in [-0.4, -0.2) is 22.7 Å². The summed E-state index contributed by atoms with van der Waals surface area (Å²) in [6.07, 6.45) is -1.99. The normalized spacial score (nSPS) is 10.6. The lowest BCUT2D eigenvalue weighted by Gasteiger charge is -2.09. The van der Waals surface area contributed by atoms with Gasteiger partial charge in [-0.25, -0.2) is 8.78 Å². The zero-order chi connectivity index (χ0) is 13.0. The average molecular weight is 357 g/mol. The minimum absolute atomic E-state index is 0.00639. The fraction of sp³-hybridized carbons (Fsp3) is 0.400. The highest BCUT2D eigenvalue weighted by atomic mass is 127. The van der Waals surface area contributed by atoms with Gasteiger partial charge < -0.3 is 9.84 Å². The van der Waals surface area contributed by atoms with Crippen LogP contribution in [0.1, 0.15) is 24.6 Å². The number of aromatic nitrogens is 1. The molecular weight excluding hydrogens is 347 g/mol. The third-order valence-corrected chi connectivity index (χ3v) is 3.08. The molecule has 1 aromatic rings. The number of hydrogen-bond acceptors (Lipinski definition) is 4. The second-order valence-electron chi connectivity index (χ2n) is 3.11. The topological polar surface area (TPSA) is 59.4 Å². The van der Waals surface area contributed by atoms with E-state index < -0.39 is 18.1 Å². The number of nitrogens with zero attached hydrogens (tertiary/aromatic N) is 1. The predicted molar refractivity (Wildman–Crippen MR) is 63.9 cm³/mol. The van der Waals surface area contributed by atoms with Gasteiger partial charge in [0.25, 0.3) is 6.43 Å². The molecule has 0 fully saturated rings. The van der Waals surface area contributed by atoms with Crippen molar-refractivity contribution in [1.82, 2.24) is 4.98 Å². The fourth-order valence-corrected chi connectivity index (χ4v) is 1.84. The van der Waals surface area contributed by atoms with Crippen LogP contribution in [0, 0.1) is 3.57 Å². The maximum Gasteiger partial charge on any atom is 0.312 e. The van der Waals surface area contributed by atoms with E-state index in [2.05, 4.69) is 9.72 Å². The molecule has 0 saturated heterocycles. The van der Waals surface area contributed by atoms with Crippen molar-refractivity contribution >= 4 is 28.6 Å². The van der Waals surface area contributed by atoms with E-state index in [0.717, 1.165) is 6.20 Å². The summed E-state index contributed by atoms with van der Waals surface area (Å²) in [5, 5.41) is 9.63. The zero-order valence-corrected chi connectivity index (χ0v) is 11.1. The Hall–Kier alpha value is -0.990. The van der Waals surface area contributed by atoms with E-state index in [1.165, 1.54) is 0 Å². The van der Waals surface area contributed by atoms with E-state index in [1.54, 1.807) is 29.5 Å². The molecule has 0 aromatic carbocycles. The molecule has 0 atom stereocenters. The molecule has 0 amide bonds. The maximum absolute atomic E-state index is 12.5. The lowest BCUT2D eigenvalue weighted by molar-refractivity contribution is -0.142. The molecule has 7 heteroatoms. The minimum atomic E-state index is -2.71. The third-order valence-electron chi connectivity index (χ3n) is 1.95. The smallest absolute Gasteiger partial charge is 0.312 e. The number of alkyl halides is 2. The number of hydrogen-bond donors (Lipinski definition) is 1. The van der Waals surface area contributed by atoms with Crippen LogP contribution in [0.15, 0.2) is 6.20 Å². The lowest BCUT2D eigenvalue weighted by atomic mass is 10.2. The number of carbonyl (C=O) groups is 1. The highest BCUT2D eigenvalue weighted by Crippen LogP contribution is 2.31. The molecule has 0 bridgehead atoms. The van der Waals surface area contributed by atoms with Gasteiger partial charge in [-0.3, -0.25) is 9.78 Å². The van der Waals surface area contributed by atoms with Crippen molar-refractivity contribution < 1.29 is 23.4 Å². The van der Waals surface area contributed by atoms with Crippen molar-refractivity contribution in [2.45, 2.75) is 19.8 Å². The number of halogens is 3. The first-order valence-corrected chi connectivity index (χ1v) is 5.85. The van der Waals surface area contributed by atoms with Gasteiger partial charge in [0.2, 0.25) is 0 Å². The molecule has 0 aliphatic heterocycles. The van der Waals surface area contributed by atoms with Crippen LogP contribution in [0.4, 0.5) is 8.78 Å². The largest absolute Gasteiger partial charge is 0.505 e. The summed E-state index contributed by atoms with van der Waals surface area (Å²) in [7, 11) is 0. The molecule has 94 valence electrons. The zero-order valence-electron chi connectivity index (χ0n) is 8.91. The second kappa shape index (κ2) is 6.08. The van der Waals surface area contributed by atoms with Crippen LogP contribution < -0.4 is 0 Å². The molecule has 0 aliphatic rings. The molecule has 1 aromatic heterocycles. The Balaban J connectivity index is 2.96. The van der Waals surface area contributed by atoms with E-state index in [0.29, 0.717) is 0 Å². The van der Waals surface area contributed by atoms with Crippen LogP contribution in [0.25, 0.3) is 0 Å². The monoisotopic (exact) mass is 357 g/mol. The molecule has 1 heterocycles. The van der Waals surface area contributed by atoms with Gasteiger partial charge in [0.1, 0.15) is 0 Å². The van der Waals surface area contributed by atoms with Crippen molar-refractivity contribution in [2.75, 3.05) is 6.61 Å². The first-order valence-electron chi connectivity index (χ1n) is 4.77. The van der Waals surface area contributed by atoms with Crippen molar-refractivity contribution in [2.24, 2.45) is 0 Å². The van der Waals surface area contributed by atoms with Gasteiger partial charge in [0.15, 0.2) is 5.75 Å². The molecule has 0 unspecified atom stereocenters. The molecule has 1 rings (SSSR count). The van der Waals surface area contributed by atoms with Gasteiger partial charge in [-0.1, -0.05) is 0 Å². The summed E-state index contributed by atoms with van der Waals surface area (Å²) in [4.78, 5) is 14.8. The summed E-state index contributed by atoms with van der Waals surface area (Å²) >= 11 is 1.59. The average Bonchev–Trinajstić information content (AvgIpc) is 2.25. The Labute approximate surface area is 110 Å². The number of pyridine rings is 1. The number of rotatable bonds is 4. The SMILES string of the molecule is CCOC(=O)Cc1ncc(C(F)F)c(I)c1O. The standard InChI is InChI=1S/C10H10F2INO3/c1-2-17-7(15)3-6-9(16)8(13)5(4-14-6)10(11)12/h4,10,16H,2-3H2,1H3. The summed E-state index contributed by atoms with van der Waals surface area (Å²) < 4.78 is 29.6. The lowest BCUT2D eigenvalue weighted by Crippen LogP contribution is -2.10. The Kier molecular flexibility index (Phi) is 5.03. The fourth-order valence-electron chi connectivity index (χ4n) is 1.16. The van der Waals surface area contributed by atoms with E-state index in [-0.39, 0.29) is 27.9 Å². The Morgan fingerprint density at radius 3 is 2.82 bits per heavy atom. The van der Waals surface area contributed by atoms with Crippen molar-refractivity contribution in [3.8, 4) is 5.75 Å². The summed E-state index contributed by atoms with van der Waals surface area (Å²) in [6, 6.07) is 0. The van der Waals surface area contributed by atoms with Crippen molar-refractivity contribution in [3.05, 3.63) is 21.0 Å². The first-order chi connectivity index (χ1) is 7.97. The molecule has 1 N–H and O–H groups in total. The Bertz CT molecular complexity index is 426. The van der Waals surface area contributed by atoms with Crippen LogP contribution in [-0.2, 0) is 16.0 Å². The van der Waals surface area contributed by atoms with E-state index in [9.17, 15) is 18.7 Å². The highest BCUT2D eigenvalue weighted by Gasteiger charge is 2.19. The van der Waals surface area contributed by atoms with Crippen LogP contribution in [0.3, 0.4) is 0 Å². The number of esters is 1. The minimum Gasteiger partial charge on any atom is -0.505 e. The number of carbonyl (C=O) groups excluding carboxylic acids is 1. The van der Waals surface area contributed by atoms with Gasteiger partial charge in [-0.05, 0) is 29.5 Å². The van der Waals surface area contributed by atoms with Gasteiger partial charge >= 0.3 is 5.97 Å². The molecule has 4 nitrogen and oxygen atoms in total. The predicted octanol–water partition coefficient (Wildman–Crippen LogP) is 2.44. The van der Waals surface area contributed by atoms with Gasteiger partial charge in [-0.15, -0.1) is 0 Å². The molecule has 0 aliphatic carbocycles. The molecule has 0 saturated carbocycles. The summed E-state index contributed by atoms with van der Waals surface area (Å²) in [5.41, 5.74) is -0.312. The van der Waals surface area contributed by atoms with Gasteiger partial charge in [0, 0.05) is 6.20 Å². The highest BCUT2D eigenvalue weighted by molar-refractivity contribution is 14.1. The summed E-state index contributed by atoms with van der Waals surface area (Å²) in [5.74, 6) is -0.952. The van der Waals surface area contributed by atoms with E-state index >= 15 is 0 Å². The second-order valence-corrected chi connectivity index (χ2v) is 4.18. The summed E-state index contributed by atoms with van der Waals surface area (Å²) in [6.45, 7) is 1.86. The number of ether oxygens (including phenoxy) is 1. The first kappa shape index (κ1) is 14.1. The number of aromatic hydroxyl groups is 1. The van der Waals surface area contributed by atoms with Crippen molar-refractivity contribution in [1.29, 1.82) is 0 Å². The maximum atomic E-state index is 12.5. The van der Waals surface area contributed by atoms with Crippen LogP contribution in [0.5, 0.6) is 5.75 Å². The van der Waals surface area contributed by atoms with E-state index in [1.807, 2.05) is 0 Å². The Morgan fingerprint density at radius 1 is 1.65 bits per heavy atom. The van der Waals surface area contributed by atoms with Gasteiger partial charge in [-0.2, -0.15) is 0 Å². The molecule has 0 spiro atoms. The quantitative estimate of drug-likeness (QED) is 0.664. The Morgan fingerprint density at radius 2 is 2.29 bits per heavy atom. The molecule has 0 radical (unpaired) electrons. The molecule has 17 heavy (non-hydrogen) atoms. The van der Waals surface area contributed by atoms with E-state index in [4.69, 9.17) is 0 Å². The van der Waals surface area contributed by atoms with Crippen LogP contribution in [0.2, 0.25) is 0 Å². The molecular formula is C10H10F2INO3.